The summed E-state index contributed by atoms with van der Waals surface area (Å²) in [6, 6.07) is 1.96. The number of carboxylic acid groups (broad SMARTS) is 1. The fraction of sp³-hybridized carbons (Fsp3) is 0.615. The highest BCUT2D eigenvalue weighted by molar-refractivity contribution is 5.78. The summed E-state index contributed by atoms with van der Waals surface area (Å²) in [5, 5.41) is 13.2. The van der Waals surface area contributed by atoms with E-state index in [-0.39, 0.29) is 19.1 Å². The first-order chi connectivity index (χ1) is 9.47. The monoisotopic (exact) mass is 281 g/mol. The number of aliphatic carboxylic acids is 1. The quantitative estimate of drug-likeness (QED) is 0.852. The van der Waals surface area contributed by atoms with Crippen LogP contribution in [0.25, 0.3) is 0 Å². The highest BCUT2D eigenvalue weighted by Crippen LogP contribution is 2.09. The maximum Gasteiger partial charge on any atom is 0.334 e. The number of hydrogen-bond acceptors (Lipinski definition) is 4. The van der Waals surface area contributed by atoms with Crippen LogP contribution in [0.2, 0.25) is 0 Å². The Labute approximate surface area is 117 Å². The molecule has 1 unspecified atom stereocenters. The van der Waals surface area contributed by atoms with Gasteiger partial charge in [0.1, 0.15) is 0 Å². The Hall–Kier alpha value is -1.89. The van der Waals surface area contributed by atoms with E-state index in [4.69, 9.17) is 9.84 Å². The van der Waals surface area contributed by atoms with Gasteiger partial charge in [-0.3, -0.25) is 9.48 Å². The van der Waals surface area contributed by atoms with Gasteiger partial charge in [-0.15, -0.1) is 0 Å². The molecule has 0 aliphatic carbocycles. The van der Waals surface area contributed by atoms with Gasteiger partial charge in [0.05, 0.1) is 18.8 Å². The zero-order valence-electron chi connectivity index (χ0n) is 11.7. The number of rotatable bonds is 4. The van der Waals surface area contributed by atoms with Gasteiger partial charge in [-0.05, 0) is 19.9 Å². The first-order valence-electron chi connectivity index (χ1n) is 6.60. The largest absolute Gasteiger partial charge is 0.479 e. The summed E-state index contributed by atoms with van der Waals surface area (Å²) in [7, 11) is 0. The van der Waals surface area contributed by atoms with E-state index in [2.05, 4.69) is 5.10 Å². The van der Waals surface area contributed by atoms with Crippen molar-refractivity contribution in [2.75, 3.05) is 19.7 Å². The van der Waals surface area contributed by atoms with Crippen LogP contribution in [0.1, 0.15) is 17.8 Å². The van der Waals surface area contributed by atoms with E-state index in [1.807, 2.05) is 19.9 Å². The molecule has 2 rings (SSSR count). The molecule has 0 spiro atoms. The Bertz CT molecular complexity index is 512. The lowest BCUT2D eigenvalue weighted by Crippen LogP contribution is -2.48. The standard InChI is InChI=1S/C13H19N3O4/c1-9-7-10(2)16(14-9)4-3-12(17)15-5-6-20-11(8-15)13(18)19/h7,11H,3-6,8H2,1-2H3,(H,18,19). The number of carbonyl (C=O) groups is 2. The SMILES string of the molecule is Cc1cc(C)n(CCC(=O)N2CCOC(C(=O)O)C2)n1. The molecular weight excluding hydrogens is 262 g/mol. The molecule has 20 heavy (non-hydrogen) atoms. The molecule has 0 aromatic carbocycles. The molecule has 1 atom stereocenters. The van der Waals surface area contributed by atoms with Crippen molar-refractivity contribution in [2.45, 2.75) is 32.9 Å². The summed E-state index contributed by atoms with van der Waals surface area (Å²) < 4.78 is 6.89. The molecule has 1 aromatic rings. The molecule has 1 aromatic heterocycles. The third kappa shape index (κ3) is 3.36. The summed E-state index contributed by atoms with van der Waals surface area (Å²) in [5.74, 6) is -1.09. The maximum absolute atomic E-state index is 12.1. The maximum atomic E-state index is 12.1. The molecule has 0 bridgehead atoms. The van der Waals surface area contributed by atoms with E-state index in [1.165, 1.54) is 0 Å². The van der Waals surface area contributed by atoms with Crippen LogP contribution >= 0.6 is 0 Å². The molecule has 1 aliphatic heterocycles. The van der Waals surface area contributed by atoms with Crippen LogP contribution in [0.15, 0.2) is 6.07 Å². The highest BCUT2D eigenvalue weighted by atomic mass is 16.5. The number of carbonyl (C=O) groups excluding carboxylic acids is 1. The number of aryl methyl sites for hydroxylation is 3. The van der Waals surface area contributed by atoms with Crippen LogP contribution < -0.4 is 0 Å². The second kappa shape index (κ2) is 6.04. The number of aromatic nitrogens is 2. The summed E-state index contributed by atoms with van der Waals surface area (Å²) in [5.41, 5.74) is 1.94. The molecule has 2 heterocycles. The average molecular weight is 281 g/mol. The predicted octanol–water partition coefficient (Wildman–Crippen LogP) is 0.202. The smallest absolute Gasteiger partial charge is 0.334 e. The molecule has 1 N–H and O–H groups in total. The molecule has 7 heteroatoms. The van der Waals surface area contributed by atoms with Gasteiger partial charge in [0.25, 0.3) is 0 Å². The van der Waals surface area contributed by atoms with Gasteiger partial charge in [-0.25, -0.2) is 4.79 Å². The van der Waals surface area contributed by atoms with Gasteiger partial charge in [0, 0.05) is 25.2 Å². The minimum absolute atomic E-state index is 0.0629. The van der Waals surface area contributed by atoms with E-state index in [9.17, 15) is 9.59 Å². The summed E-state index contributed by atoms with van der Waals surface area (Å²) >= 11 is 0. The lowest BCUT2D eigenvalue weighted by molar-refractivity contribution is -0.159. The topological polar surface area (TPSA) is 84.7 Å². The first-order valence-corrected chi connectivity index (χ1v) is 6.60. The van der Waals surface area contributed by atoms with Crippen molar-refractivity contribution in [1.82, 2.24) is 14.7 Å². The summed E-state index contributed by atoms with van der Waals surface area (Å²) in [4.78, 5) is 24.5. The van der Waals surface area contributed by atoms with Gasteiger partial charge >= 0.3 is 5.97 Å². The third-order valence-corrected chi connectivity index (χ3v) is 3.34. The summed E-state index contributed by atoms with van der Waals surface area (Å²) in [6.45, 7) is 5.19. The highest BCUT2D eigenvalue weighted by Gasteiger charge is 2.28. The molecule has 1 aliphatic rings. The van der Waals surface area contributed by atoms with E-state index in [1.54, 1.807) is 9.58 Å². The Balaban J connectivity index is 1.88. The fourth-order valence-electron chi connectivity index (χ4n) is 2.29. The van der Waals surface area contributed by atoms with Crippen LogP contribution in [-0.4, -0.2) is 57.5 Å². The lowest BCUT2D eigenvalue weighted by Gasteiger charge is -2.30. The van der Waals surface area contributed by atoms with Crippen molar-refractivity contribution in [3.63, 3.8) is 0 Å². The number of morpholine rings is 1. The Morgan fingerprint density at radius 3 is 2.85 bits per heavy atom. The molecule has 0 saturated carbocycles. The molecular formula is C13H19N3O4. The molecule has 1 saturated heterocycles. The minimum atomic E-state index is -1.03. The molecule has 7 nitrogen and oxygen atoms in total. The number of carboxylic acids is 1. The number of ether oxygens (including phenoxy) is 1. The van der Waals surface area contributed by atoms with E-state index in [0.29, 0.717) is 19.5 Å². The summed E-state index contributed by atoms with van der Waals surface area (Å²) in [6.07, 6.45) is -0.602. The van der Waals surface area contributed by atoms with Crippen molar-refractivity contribution < 1.29 is 19.4 Å². The van der Waals surface area contributed by atoms with Gasteiger partial charge < -0.3 is 14.7 Å². The van der Waals surface area contributed by atoms with Crippen molar-refractivity contribution >= 4 is 11.9 Å². The van der Waals surface area contributed by atoms with Crippen molar-refractivity contribution in [3.8, 4) is 0 Å². The van der Waals surface area contributed by atoms with Crippen molar-refractivity contribution in [2.24, 2.45) is 0 Å². The minimum Gasteiger partial charge on any atom is -0.479 e. The van der Waals surface area contributed by atoms with Crippen LogP contribution in [0.3, 0.4) is 0 Å². The molecule has 1 amide bonds. The molecule has 1 fully saturated rings. The Morgan fingerprint density at radius 1 is 1.50 bits per heavy atom. The molecule has 110 valence electrons. The number of amides is 1. The lowest BCUT2D eigenvalue weighted by atomic mass is 10.2. The first kappa shape index (κ1) is 14.5. The van der Waals surface area contributed by atoms with E-state index in [0.717, 1.165) is 11.4 Å². The van der Waals surface area contributed by atoms with E-state index >= 15 is 0 Å². The van der Waals surface area contributed by atoms with Gasteiger partial charge in [-0.2, -0.15) is 5.10 Å². The average Bonchev–Trinajstić information content (AvgIpc) is 2.74. The van der Waals surface area contributed by atoms with Gasteiger partial charge in [0.2, 0.25) is 5.91 Å². The Kier molecular flexibility index (Phi) is 4.39. The zero-order chi connectivity index (χ0) is 14.7. The Morgan fingerprint density at radius 2 is 2.25 bits per heavy atom. The molecule has 0 radical (unpaired) electrons. The van der Waals surface area contributed by atoms with Gasteiger partial charge in [0.15, 0.2) is 6.10 Å². The number of nitrogens with zero attached hydrogens (tertiary/aromatic N) is 3. The number of hydrogen-bond donors (Lipinski definition) is 1. The van der Waals surface area contributed by atoms with Crippen LogP contribution in [0.4, 0.5) is 0 Å². The van der Waals surface area contributed by atoms with Gasteiger partial charge in [-0.1, -0.05) is 0 Å². The fourth-order valence-corrected chi connectivity index (χ4v) is 2.29. The predicted molar refractivity (Wildman–Crippen MR) is 70.3 cm³/mol. The second-order valence-electron chi connectivity index (χ2n) is 4.94. The van der Waals surface area contributed by atoms with Crippen LogP contribution in [0.5, 0.6) is 0 Å². The van der Waals surface area contributed by atoms with E-state index < -0.39 is 12.1 Å². The normalized spacial score (nSPS) is 19.1. The van der Waals surface area contributed by atoms with Crippen LogP contribution in [-0.2, 0) is 20.9 Å². The second-order valence-corrected chi connectivity index (χ2v) is 4.94. The van der Waals surface area contributed by atoms with Crippen LogP contribution in [0, 0.1) is 13.8 Å². The van der Waals surface area contributed by atoms with Crippen molar-refractivity contribution in [3.05, 3.63) is 17.5 Å². The zero-order valence-corrected chi connectivity index (χ0v) is 11.7. The third-order valence-electron chi connectivity index (χ3n) is 3.34. The van der Waals surface area contributed by atoms with Crippen molar-refractivity contribution in [1.29, 1.82) is 0 Å².